The highest BCUT2D eigenvalue weighted by Crippen LogP contribution is 2.27. The fourth-order valence-electron chi connectivity index (χ4n) is 3.29. The summed E-state index contributed by atoms with van der Waals surface area (Å²) in [7, 11) is 0. The molecule has 1 heterocycles. The summed E-state index contributed by atoms with van der Waals surface area (Å²) in [6.45, 7) is 0.344. The lowest BCUT2D eigenvalue weighted by Crippen LogP contribution is -2.40. The van der Waals surface area contributed by atoms with E-state index in [1.807, 2.05) is 6.07 Å². The monoisotopic (exact) mass is 288 g/mol. The van der Waals surface area contributed by atoms with Gasteiger partial charge in [0.15, 0.2) is 0 Å². The van der Waals surface area contributed by atoms with Gasteiger partial charge in [-0.25, -0.2) is 0 Å². The van der Waals surface area contributed by atoms with Gasteiger partial charge in [0, 0.05) is 23.8 Å². The molecule has 1 saturated carbocycles. The summed E-state index contributed by atoms with van der Waals surface area (Å²) < 4.78 is 0. The number of nitrogens with one attached hydrogen (secondary N) is 1. The maximum atomic E-state index is 12.7. The minimum Gasteiger partial charge on any atom is -0.395 e. The zero-order valence-electron chi connectivity index (χ0n) is 12.0. The van der Waals surface area contributed by atoms with Crippen molar-refractivity contribution < 1.29 is 14.7 Å². The predicted octanol–water partition coefficient (Wildman–Crippen LogP) is 1.56. The smallest absolute Gasteiger partial charge is 0.254 e. The van der Waals surface area contributed by atoms with Gasteiger partial charge in [0.25, 0.3) is 5.91 Å². The average molecular weight is 288 g/mol. The molecule has 5 heteroatoms. The molecule has 0 saturated heterocycles. The average Bonchev–Trinajstić information content (AvgIpc) is 3.11. The molecule has 1 fully saturated rings. The second kappa shape index (κ2) is 5.85. The van der Waals surface area contributed by atoms with Gasteiger partial charge in [0.05, 0.1) is 13.0 Å². The van der Waals surface area contributed by atoms with Gasteiger partial charge in [0.2, 0.25) is 5.91 Å². The van der Waals surface area contributed by atoms with Gasteiger partial charge in [-0.15, -0.1) is 0 Å². The van der Waals surface area contributed by atoms with Crippen LogP contribution in [0.25, 0.3) is 0 Å². The molecule has 0 bridgehead atoms. The molecule has 0 radical (unpaired) electrons. The Balaban J connectivity index is 1.82. The molecule has 1 aliphatic carbocycles. The number of hydrogen-bond donors (Lipinski definition) is 2. The Hall–Kier alpha value is -1.88. The van der Waals surface area contributed by atoms with Gasteiger partial charge in [-0.3, -0.25) is 9.59 Å². The molecular formula is C16H20N2O3. The van der Waals surface area contributed by atoms with E-state index in [1.54, 1.807) is 17.0 Å². The van der Waals surface area contributed by atoms with E-state index >= 15 is 0 Å². The van der Waals surface area contributed by atoms with Crippen LogP contribution in [0.5, 0.6) is 0 Å². The third-order valence-electron chi connectivity index (χ3n) is 4.35. The molecule has 0 aromatic heterocycles. The molecule has 0 atom stereocenters. The summed E-state index contributed by atoms with van der Waals surface area (Å²) >= 11 is 0. The molecule has 1 aromatic rings. The van der Waals surface area contributed by atoms with Crippen LogP contribution in [0.4, 0.5) is 5.69 Å². The van der Waals surface area contributed by atoms with E-state index in [4.69, 9.17) is 0 Å². The minimum absolute atomic E-state index is 0.0239. The lowest BCUT2D eigenvalue weighted by Gasteiger charge is -2.28. The highest BCUT2D eigenvalue weighted by atomic mass is 16.3. The number of hydrogen-bond acceptors (Lipinski definition) is 3. The number of anilines is 1. The molecule has 1 aromatic carbocycles. The van der Waals surface area contributed by atoms with E-state index in [2.05, 4.69) is 5.32 Å². The number of aliphatic hydroxyl groups is 1. The fraction of sp³-hybridized carbons (Fsp3) is 0.500. The molecule has 2 N–H and O–H groups in total. The summed E-state index contributed by atoms with van der Waals surface area (Å²) in [5.41, 5.74) is 2.25. The Morgan fingerprint density at radius 2 is 2.10 bits per heavy atom. The first-order valence-corrected chi connectivity index (χ1v) is 7.53. The number of fused-ring (bicyclic) bond motifs is 1. The number of aliphatic hydroxyl groups excluding tert-OH is 1. The van der Waals surface area contributed by atoms with Crippen molar-refractivity contribution in [2.45, 2.75) is 38.1 Å². The molecule has 1 aliphatic heterocycles. The second-order valence-electron chi connectivity index (χ2n) is 5.76. The quantitative estimate of drug-likeness (QED) is 0.883. The minimum atomic E-state index is -0.0556. The number of rotatable bonds is 4. The van der Waals surface area contributed by atoms with Crippen LogP contribution in [-0.4, -0.2) is 41.0 Å². The highest BCUT2D eigenvalue weighted by Gasteiger charge is 2.28. The normalized spacial score (nSPS) is 17.7. The molecular weight excluding hydrogens is 268 g/mol. The first kappa shape index (κ1) is 14.1. The lowest BCUT2D eigenvalue weighted by molar-refractivity contribution is -0.115. The van der Waals surface area contributed by atoms with Crippen LogP contribution in [0, 0.1) is 0 Å². The molecule has 5 nitrogen and oxygen atoms in total. The van der Waals surface area contributed by atoms with Crippen molar-refractivity contribution >= 4 is 17.5 Å². The van der Waals surface area contributed by atoms with Crippen molar-refractivity contribution in [3.63, 3.8) is 0 Å². The molecule has 2 aliphatic rings. The third-order valence-corrected chi connectivity index (χ3v) is 4.35. The molecule has 3 rings (SSSR count). The number of carbonyl (C=O) groups is 2. The SMILES string of the molecule is O=C1Cc2ccc(C(=O)N(CCO)C3CCCC3)cc2N1. The maximum Gasteiger partial charge on any atom is 0.254 e. The second-order valence-corrected chi connectivity index (χ2v) is 5.76. The van der Waals surface area contributed by atoms with Crippen LogP contribution in [-0.2, 0) is 11.2 Å². The number of carbonyl (C=O) groups excluding carboxylic acids is 2. The Morgan fingerprint density at radius 3 is 2.81 bits per heavy atom. The van der Waals surface area contributed by atoms with Crippen LogP contribution >= 0.6 is 0 Å². The fourth-order valence-corrected chi connectivity index (χ4v) is 3.29. The van der Waals surface area contributed by atoms with Crippen LogP contribution in [0.1, 0.15) is 41.6 Å². The first-order chi connectivity index (χ1) is 10.2. The molecule has 2 amide bonds. The summed E-state index contributed by atoms with van der Waals surface area (Å²) in [6.07, 6.45) is 4.67. The van der Waals surface area contributed by atoms with Crippen LogP contribution < -0.4 is 5.32 Å². The van der Waals surface area contributed by atoms with Gasteiger partial charge in [-0.05, 0) is 30.5 Å². The Morgan fingerprint density at radius 1 is 1.33 bits per heavy atom. The topological polar surface area (TPSA) is 69.6 Å². The van der Waals surface area contributed by atoms with E-state index in [-0.39, 0.29) is 24.5 Å². The van der Waals surface area contributed by atoms with Crippen molar-refractivity contribution in [2.75, 3.05) is 18.5 Å². The summed E-state index contributed by atoms with van der Waals surface area (Å²) in [4.78, 5) is 25.9. The highest BCUT2D eigenvalue weighted by molar-refractivity contribution is 6.02. The number of amides is 2. The van der Waals surface area contributed by atoms with E-state index in [0.717, 1.165) is 36.9 Å². The van der Waals surface area contributed by atoms with Crippen molar-refractivity contribution in [1.82, 2.24) is 4.90 Å². The Kier molecular flexibility index (Phi) is 3.92. The van der Waals surface area contributed by atoms with E-state index in [0.29, 0.717) is 18.5 Å². The summed E-state index contributed by atoms with van der Waals surface area (Å²) in [5, 5.41) is 12.0. The van der Waals surface area contributed by atoms with Gasteiger partial charge >= 0.3 is 0 Å². The largest absolute Gasteiger partial charge is 0.395 e. The third kappa shape index (κ3) is 2.78. The van der Waals surface area contributed by atoms with Gasteiger partial charge in [-0.1, -0.05) is 18.9 Å². The van der Waals surface area contributed by atoms with Gasteiger partial charge in [0.1, 0.15) is 0 Å². The van der Waals surface area contributed by atoms with Crippen molar-refractivity contribution in [1.29, 1.82) is 0 Å². The van der Waals surface area contributed by atoms with E-state index < -0.39 is 0 Å². The number of benzene rings is 1. The summed E-state index contributed by atoms with van der Waals surface area (Å²) in [6, 6.07) is 5.60. The first-order valence-electron chi connectivity index (χ1n) is 7.53. The van der Waals surface area contributed by atoms with Crippen LogP contribution in [0.3, 0.4) is 0 Å². The number of nitrogens with zero attached hydrogens (tertiary/aromatic N) is 1. The molecule has 112 valence electrons. The standard InChI is InChI=1S/C16H20N2O3/c19-8-7-18(13-3-1-2-4-13)16(21)12-6-5-11-10-15(20)17-14(11)9-12/h5-6,9,13,19H,1-4,7-8,10H2,(H,17,20). The van der Waals surface area contributed by atoms with E-state index in [1.165, 1.54) is 0 Å². The Bertz CT molecular complexity index is 565. The zero-order valence-corrected chi connectivity index (χ0v) is 12.0. The van der Waals surface area contributed by atoms with Crippen molar-refractivity contribution in [3.8, 4) is 0 Å². The Labute approximate surface area is 123 Å². The summed E-state index contributed by atoms with van der Waals surface area (Å²) in [5.74, 6) is -0.0856. The van der Waals surface area contributed by atoms with Crippen LogP contribution in [0.2, 0.25) is 0 Å². The van der Waals surface area contributed by atoms with Crippen molar-refractivity contribution in [2.24, 2.45) is 0 Å². The maximum absolute atomic E-state index is 12.7. The van der Waals surface area contributed by atoms with Gasteiger partial charge < -0.3 is 15.3 Å². The molecule has 0 unspecified atom stereocenters. The molecule has 21 heavy (non-hydrogen) atoms. The zero-order chi connectivity index (χ0) is 14.8. The van der Waals surface area contributed by atoms with Gasteiger partial charge in [-0.2, -0.15) is 0 Å². The van der Waals surface area contributed by atoms with Crippen LogP contribution in [0.15, 0.2) is 18.2 Å². The lowest BCUT2D eigenvalue weighted by atomic mass is 10.1. The molecule has 0 spiro atoms. The van der Waals surface area contributed by atoms with Crippen molar-refractivity contribution in [3.05, 3.63) is 29.3 Å². The predicted molar refractivity (Wildman–Crippen MR) is 79.2 cm³/mol. The van der Waals surface area contributed by atoms with E-state index in [9.17, 15) is 14.7 Å².